The molecular weight excluding hydrogens is 460 g/mol. The van der Waals surface area contributed by atoms with E-state index in [2.05, 4.69) is 13.8 Å². The zero-order valence-electron chi connectivity index (χ0n) is 21.5. The van der Waals surface area contributed by atoms with E-state index < -0.39 is 35.3 Å². The van der Waals surface area contributed by atoms with Crippen molar-refractivity contribution in [1.29, 1.82) is 0 Å². The van der Waals surface area contributed by atoms with Gasteiger partial charge in [-0.3, -0.25) is 4.79 Å². The van der Waals surface area contributed by atoms with Gasteiger partial charge in [-0.2, -0.15) is 0 Å². The summed E-state index contributed by atoms with van der Waals surface area (Å²) in [6.07, 6.45) is 2.72. The Morgan fingerprint density at radius 3 is 2.47 bits per heavy atom. The van der Waals surface area contributed by atoms with Crippen molar-refractivity contribution < 1.29 is 33.3 Å². The summed E-state index contributed by atoms with van der Waals surface area (Å²) in [5.41, 5.74) is 1.82. The fraction of sp³-hybridized carbons (Fsp3) is 0.552. The number of esters is 3. The Balaban J connectivity index is 1.62. The molecule has 0 spiro atoms. The minimum Gasteiger partial charge on any atom is -0.462 e. The van der Waals surface area contributed by atoms with E-state index in [1.54, 1.807) is 31.2 Å². The normalized spacial score (nSPS) is 39.0. The Bertz CT molecular complexity index is 1150. The largest absolute Gasteiger partial charge is 0.462 e. The lowest BCUT2D eigenvalue weighted by Gasteiger charge is -2.51. The fourth-order valence-corrected chi connectivity index (χ4v) is 6.59. The van der Waals surface area contributed by atoms with Gasteiger partial charge in [0, 0.05) is 30.3 Å². The van der Waals surface area contributed by atoms with Gasteiger partial charge in [-0.15, -0.1) is 0 Å². The number of benzene rings is 1. The van der Waals surface area contributed by atoms with Gasteiger partial charge in [0.1, 0.15) is 18.3 Å². The molecule has 1 aromatic carbocycles. The smallest absolute Gasteiger partial charge is 0.338 e. The van der Waals surface area contributed by atoms with Gasteiger partial charge in [0.05, 0.1) is 17.3 Å². The quantitative estimate of drug-likeness (QED) is 0.260. The SMILES string of the molecule is CC(=O)O[C@H]1C[C@@H]2O[C@]2(C)[C@@H]2CC3=C(C)C(=O)O[C@H]3/C=C(/C)CC[C@H](OC(=O)c3ccccc3)[C@@]12C. The number of epoxide rings is 1. The van der Waals surface area contributed by atoms with Gasteiger partial charge in [-0.05, 0) is 63.8 Å². The highest BCUT2D eigenvalue weighted by atomic mass is 16.6. The summed E-state index contributed by atoms with van der Waals surface area (Å²) in [4.78, 5) is 38.1. The number of fused-ring (bicyclic) bond motifs is 4. The molecule has 0 amide bonds. The topological polar surface area (TPSA) is 91.4 Å². The molecule has 1 saturated heterocycles. The number of ether oxygens (including phenoxy) is 4. The second-order valence-corrected chi connectivity index (χ2v) is 11.0. The van der Waals surface area contributed by atoms with Crippen LogP contribution in [0.2, 0.25) is 0 Å². The van der Waals surface area contributed by atoms with Crippen LogP contribution >= 0.6 is 0 Å². The maximum Gasteiger partial charge on any atom is 0.338 e. The summed E-state index contributed by atoms with van der Waals surface area (Å²) in [6, 6.07) is 8.94. The second kappa shape index (κ2) is 8.87. The summed E-state index contributed by atoms with van der Waals surface area (Å²) >= 11 is 0. The average molecular weight is 495 g/mol. The van der Waals surface area contributed by atoms with Crippen molar-refractivity contribution >= 4 is 17.9 Å². The molecule has 7 nitrogen and oxygen atoms in total. The van der Waals surface area contributed by atoms with Crippen LogP contribution in [-0.2, 0) is 28.5 Å². The van der Waals surface area contributed by atoms with Gasteiger partial charge in [0.25, 0.3) is 0 Å². The molecule has 0 radical (unpaired) electrons. The Labute approximate surface area is 211 Å². The maximum atomic E-state index is 13.3. The van der Waals surface area contributed by atoms with Gasteiger partial charge in [0.2, 0.25) is 0 Å². The predicted octanol–water partition coefficient (Wildman–Crippen LogP) is 4.70. The first-order valence-corrected chi connectivity index (χ1v) is 12.7. The number of hydrogen-bond acceptors (Lipinski definition) is 7. The van der Waals surface area contributed by atoms with Crippen LogP contribution in [0.15, 0.2) is 53.1 Å². The van der Waals surface area contributed by atoms with E-state index in [4.69, 9.17) is 18.9 Å². The van der Waals surface area contributed by atoms with Crippen molar-refractivity contribution in [3.63, 3.8) is 0 Å². The first-order valence-electron chi connectivity index (χ1n) is 12.7. The van der Waals surface area contributed by atoms with Crippen molar-refractivity contribution in [1.82, 2.24) is 0 Å². The third kappa shape index (κ3) is 4.07. The third-order valence-corrected chi connectivity index (χ3v) is 8.83. The minimum absolute atomic E-state index is 0.0667. The first kappa shape index (κ1) is 24.8. The summed E-state index contributed by atoms with van der Waals surface area (Å²) in [5, 5.41) is 0. The standard InChI is InChI=1S/C29H34O7/c1-16-11-12-23(35-27(32)19-9-7-6-8-10-19)28(4)22(14-20-17(2)26(31)34-21(20)13-16)29(5)25(36-29)15-24(28)33-18(3)30/h6-10,13,21-25H,11-12,14-15H2,1-5H3/b16-13-/t21-,22+,23-,24-,25-,28-,29+/m0/s1. The third-order valence-electron chi connectivity index (χ3n) is 8.83. The Kier molecular flexibility index (Phi) is 6.10. The van der Waals surface area contributed by atoms with Gasteiger partial charge < -0.3 is 18.9 Å². The molecule has 4 aliphatic rings. The molecule has 2 aliphatic carbocycles. The van der Waals surface area contributed by atoms with Crippen LogP contribution in [-0.4, -0.2) is 47.9 Å². The molecule has 1 saturated carbocycles. The zero-order chi connectivity index (χ0) is 25.8. The van der Waals surface area contributed by atoms with E-state index in [-0.39, 0.29) is 24.0 Å². The Morgan fingerprint density at radius 2 is 1.78 bits per heavy atom. The molecule has 7 atom stereocenters. The molecule has 2 heterocycles. The van der Waals surface area contributed by atoms with Crippen LogP contribution in [0.3, 0.4) is 0 Å². The molecule has 192 valence electrons. The number of hydrogen-bond donors (Lipinski definition) is 0. The van der Waals surface area contributed by atoms with Gasteiger partial charge in [-0.1, -0.05) is 30.7 Å². The lowest BCUT2D eigenvalue weighted by Crippen LogP contribution is -2.59. The summed E-state index contributed by atoms with van der Waals surface area (Å²) < 4.78 is 24.2. The van der Waals surface area contributed by atoms with E-state index in [1.807, 2.05) is 19.1 Å². The average Bonchev–Trinajstić information content (AvgIpc) is 3.42. The molecule has 0 unspecified atom stereocenters. The van der Waals surface area contributed by atoms with Crippen molar-refractivity contribution in [3.05, 3.63) is 58.7 Å². The van der Waals surface area contributed by atoms with Crippen LogP contribution in [0.5, 0.6) is 0 Å². The lowest BCUT2D eigenvalue weighted by molar-refractivity contribution is -0.175. The first-order chi connectivity index (χ1) is 17.0. The van der Waals surface area contributed by atoms with Gasteiger partial charge >= 0.3 is 17.9 Å². The van der Waals surface area contributed by atoms with E-state index >= 15 is 0 Å². The molecule has 0 aromatic heterocycles. The molecule has 36 heavy (non-hydrogen) atoms. The van der Waals surface area contributed by atoms with Crippen LogP contribution < -0.4 is 0 Å². The highest BCUT2D eigenvalue weighted by molar-refractivity contribution is 5.92. The van der Waals surface area contributed by atoms with Crippen LogP contribution in [0.4, 0.5) is 0 Å². The molecule has 2 fully saturated rings. The zero-order valence-corrected chi connectivity index (χ0v) is 21.5. The summed E-state index contributed by atoms with van der Waals surface area (Å²) in [6.45, 7) is 9.35. The number of carbonyl (C=O) groups excluding carboxylic acids is 3. The monoisotopic (exact) mass is 494 g/mol. The second-order valence-electron chi connectivity index (χ2n) is 11.0. The number of allylic oxidation sites excluding steroid dienone is 1. The Hall–Kier alpha value is -2.93. The number of rotatable bonds is 3. The van der Waals surface area contributed by atoms with Crippen molar-refractivity contribution in [2.45, 2.75) is 90.3 Å². The molecule has 0 N–H and O–H groups in total. The van der Waals surface area contributed by atoms with Crippen molar-refractivity contribution in [2.24, 2.45) is 11.3 Å². The molecule has 0 bridgehead atoms. The van der Waals surface area contributed by atoms with Crippen molar-refractivity contribution in [3.8, 4) is 0 Å². The maximum absolute atomic E-state index is 13.3. The van der Waals surface area contributed by atoms with E-state index in [0.29, 0.717) is 36.8 Å². The molecule has 1 aromatic rings. The summed E-state index contributed by atoms with van der Waals surface area (Å²) in [5.74, 6) is -1.26. The van der Waals surface area contributed by atoms with Crippen LogP contribution in [0.1, 0.15) is 70.7 Å². The van der Waals surface area contributed by atoms with Gasteiger partial charge in [-0.25, -0.2) is 9.59 Å². The Morgan fingerprint density at radius 1 is 1.06 bits per heavy atom. The van der Waals surface area contributed by atoms with Crippen LogP contribution in [0, 0.1) is 11.3 Å². The van der Waals surface area contributed by atoms with E-state index in [1.165, 1.54) is 6.92 Å². The predicted molar refractivity (Wildman–Crippen MR) is 131 cm³/mol. The molecular formula is C29H34O7. The molecule has 7 heteroatoms. The highest BCUT2D eigenvalue weighted by Gasteiger charge is 2.71. The fourth-order valence-electron chi connectivity index (χ4n) is 6.59. The number of carbonyl (C=O) groups is 3. The molecule has 5 rings (SSSR count). The van der Waals surface area contributed by atoms with Crippen molar-refractivity contribution in [2.75, 3.05) is 0 Å². The van der Waals surface area contributed by atoms with E-state index in [0.717, 1.165) is 11.1 Å². The lowest BCUT2D eigenvalue weighted by atomic mass is 9.56. The van der Waals surface area contributed by atoms with E-state index in [9.17, 15) is 14.4 Å². The van der Waals surface area contributed by atoms with Crippen LogP contribution in [0.25, 0.3) is 0 Å². The minimum atomic E-state index is -0.751. The van der Waals surface area contributed by atoms with Gasteiger partial charge in [0.15, 0.2) is 0 Å². The highest BCUT2D eigenvalue weighted by Crippen LogP contribution is 2.63. The molecule has 2 aliphatic heterocycles. The summed E-state index contributed by atoms with van der Waals surface area (Å²) in [7, 11) is 0.